The minimum Gasteiger partial charge on any atom is -0.356 e. The number of piperidine rings is 1. The van der Waals surface area contributed by atoms with Crippen LogP contribution in [0.2, 0.25) is 0 Å². The number of fused-ring (bicyclic) bond motifs is 1. The highest BCUT2D eigenvalue weighted by molar-refractivity contribution is 7.89. The number of aromatic nitrogens is 1. The standard InChI is InChI=1S/C24H30N4O4S/c29-23(27-13-9-18-6-1-2-7-19(18)16-27)20-8-5-12-28(17-20)33(31,32)21-14-22(25-15-21)24(30)26-10-3-4-11-26/h1-2,6-7,14-15,20,25H,3-5,8-13,16-17H2/t20-/m1/s1. The Kier molecular flexibility index (Phi) is 6.01. The molecule has 1 atom stereocenters. The topological polar surface area (TPSA) is 93.8 Å². The fourth-order valence-corrected chi connectivity index (χ4v) is 6.71. The Balaban J connectivity index is 1.27. The van der Waals surface area contributed by atoms with Crippen LogP contribution in [-0.2, 0) is 27.8 Å². The molecule has 8 nitrogen and oxygen atoms in total. The van der Waals surface area contributed by atoms with Crippen LogP contribution < -0.4 is 0 Å². The number of nitrogens with one attached hydrogen (secondary N) is 1. The Hall–Kier alpha value is -2.65. The molecule has 3 aliphatic heterocycles. The number of hydrogen-bond donors (Lipinski definition) is 1. The van der Waals surface area contributed by atoms with Crippen molar-refractivity contribution >= 4 is 21.8 Å². The van der Waals surface area contributed by atoms with E-state index in [4.69, 9.17) is 0 Å². The lowest BCUT2D eigenvalue weighted by atomic mass is 9.95. The maximum atomic E-state index is 13.3. The molecule has 176 valence electrons. The second-order valence-electron chi connectivity index (χ2n) is 9.23. The molecule has 33 heavy (non-hydrogen) atoms. The maximum absolute atomic E-state index is 13.3. The van der Waals surface area contributed by atoms with E-state index < -0.39 is 10.0 Å². The van der Waals surface area contributed by atoms with Gasteiger partial charge in [0.25, 0.3) is 5.91 Å². The normalized spacial score (nSPS) is 21.8. The minimum absolute atomic E-state index is 0.0309. The zero-order chi connectivity index (χ0) is 23.0. The first-order chi connectivity index (χ1) is 15.9. The van der Waals surface area contributed by atoms with Crippen LogP contribution >= 0.6 is 0 Å². The fourth-order valence-electron chi connectivity index (χ4n) is 5.19. The summed E-state index contributed by atoms with van der Waals surface area (Å²) in [7, 11) is -3.78. The van der Waals surface area contributed by atoms with Crippen molar-refractivity contribution in [2.75, 3.05) is 32.7 Å². The van der Waals surface area contributed by atoms with E-state index in [0.717, 1.165) is 19.3 Å². The summed E-state index contributed by atoms with van der Waals surface area (Å²) < 4.78 is 28.0. The van der Waals surface area contributed by atoms with Gasteiger partial charge in [-0.15, -0.1) is 0 Å². The molecule has 3 aliphatic rings. The SMILES string of the molecule is O=C(c1cc(S(=O)(=O)N2CCC[C@@H](C(=O)N3CCc4ccccc4C3)C2)c[nH]1)N1CCCC1. The summed E-state index contributed by atoms with van der Waals surface area (Å²) >= 11 is 0. The van der Waals surface area contributed by atoms with Gasteiger partial charge in [0.2, 0.25) is 15.9 Å². The largest absolute Gasteiger partial charge is 0.356 e. The van der Waals surface area contributed by atoms with Gasteiger partial charge in [-0.05, 0) is 49.3 Å². The molecule has 2 aromatic rings. The summed E-state index contributed by atoms with van der Waals surface area (Å²) in [5.41, 5.74) is 2.74. The smallest absolute Gasteiger partial charge is 0.270 e. The first-order valence-corrected chi connectivity index (χ1v) is 13.2. The third-order valence-electron chi connectivity index (χ3n) is 7.09. The number of likely N-dealkylation sites (tertiary alicyclic amines) is 1. The van der Waals surface area contributed by atoms with Crippen molar-refractivity contribution < 1.29 is 18.0 Å². The van der Waals surface area contributed by atoms with E-state index in [-0.39, 0.29) is 29.2 Å². The van der Waals surface area contributed by atoms with E-state index in [9.17, 15) is 18.0 Å². The maximum Gasteiger partial charge on any atom is 0.270 e. The van der Waals surface area contributed by atoms with E-state index in [1.807, 2.05) is 17.0 Å². The highest BCUT2D eigenvalue weighted by Gasteiger charge is 2.36. The molecular weight excluding hydrogens is 440 g/mol. The summed E-state index contributed by atoms with van der Waals surface area (Å²) in [5.74, 6) is -0.474. The van der Waals surface area contributed by atoms with Gasteiger partial charge in [-0.25, -0.2) is 8.42 Å². The number of carbonyl (C=O) groups is 2. The molecule has 5 rings (SSSR count). The molecule has 0 aliphatic carbocycles. The van der Waals surface area contributed by atoms with Crippen LogP contribution in [0, 0.1) is 5.92 Å². The molecule has 2 saturated heterocycles. The molecule has 0 unspecified atom stereocenters. The minimum atomic E-state index is -3.78. The molecule has 9 heteroatoms. The van der Waals surface area contributed by atoms with E-state index >= 15 is 0 Å². The van der Waals surface area contributed by atoms with Crippen LogP contribution in [0.15, 0.2) is 41.4 Å². The first-order valence-electron chi connectivity index (χ1n) is 11.8. The lowest BCUT2D eigenvalue weighted by molar-refractivity contribution is -0.137. The molecule has 1 N–H and O–H groups in total. The zero-order valence-corrected chi connectivity index (χ0v) is 19.5. The fraction of sp³-hybridized carbons (Fsp3) is 0.500. The van der Waals surface area contributed by atoms with Crippen LogP contribution in [-0.4, -0.2) is 72.0 Å². The molecule has 2 amide bonds. The molecule has 4 heterocycles. The zero-order valence-electron chi connectivity index (χ0n) is 18.7. The molecule has 0 saturated carbocycles. The van der Waals surface area contributed by atoms with Gasteiger partial charge in [0, 0.05) is 45.5 Å². The lowest BCUT2D eigenvalue weighted by Gasteiger charge is -2.36. The molecule has 2 fully saturated rings. The van der Waals surface area contributed by atoms with Crippen LogP contribution in [0.4, 0.5) is 0 Å². The van der Waals surface area contributed by atoms with E-state index in [1.165, 1.54) is 27.7 Å². The summed E-state index contributed by atoms with van der Waals surface area (Å²) in [4.78, 5) is 32.4. The van der Waals surface area contributed by atoms with E-state index in [1.54, 1.807) is 4.90 Å². The number of carbonyl (C=O) groups excluding carboxylic acids is 2. The molecule has 1 aromatic carbocycles. The number of amides is 2. The average molecular weight is 471 g/mol. The number of aromatic amines is 1. The second kappa shape index (κ2) is 8.95. The average Bonchev–Trinajstić information content (AvgIpc) is 3.56. The summed E-state index contributed by atoms with van der Waals surface area (Å²) in [6, 6.07) is 9.60. The van der Waals surface area contributed by atoms with Gasteiger partial charge >= 0.3 is 0 Å². The van der Waals surface area contributed by atoms with Gasteiger partial charge in [-0.1, -0.05) is 24.3 Å². The van der Waals surface area contributed by atoms with Crippen molar-refractivity contribution in [2.24, 2.45) is 5.92 Å². The number of rotatable bonds is 4. The van der Waals surface area contributed by atoms with Crippen LogP contribution in [0.1, 0.15) is 47.3 Å². The number of nitrogens with zero attached hydrogens (tertiary/aromatic N) is 3. The molecular formula is C24H30N4O4S. The molecule has 0 spiro atoms. The van der Waals surface area contributed by atoms with Crippen LogP contribution in [0.25, 0.3) is 0 Å². The van der Waals surface area contributed by atoms with Crippen molar-refractivity contribution in [3.63, 3.8) is 0 Å². The van der Waals surface area contributed by atoms with Gasteiger partial charge in [-0.3, -0.25) is 9.59 Å². The van der Waals surface area contributed by atoms with Crippen molar-refractivity contribution in [1.82, 2.24) is 19.1 Å². The monoisotopic (exact) mass is 470 g/mol. The highest BCUT2D eigenvalue weighted by Crippen LogP contribution is 2.28. The molecule has 1 aromatic heterocycles. The Morgan fingerprint density at radius 2 is 1.70 bits per heavy atom. The van der Waals surface area contributed by atoms with Crippen molar-refractivity contribution in [2.45, 2.75) is 43.5 Å². The number of benzene rings is 1. The van der Waals surface area contributed by atoms with E-state index in [0.29, 0.717) is 51.3 Å². The quantitative estimate of drug-likeness (QED) is 0.742. The first kappa shape index (κ1) is 22.2. The number of H-pyrrole nitrogens is 1. The summed E-state index contributed by atoms with van der Waals surface area (Å²) in [6.07, 6.45) is 5.51. The Morgan fingerprint density at radius 3 is 2.48 bits per heavy atom. The third-order valence-corrected chi connectivity index (χ3v) is 8.94. The lowest BCUT2D eigenvalue weighted by Crippen LogP contribution is -2.47. The van der Waals surface area contributed by atoms with Crippen molar-refractivity contribution in [3.05, 3.63) is 53.3 Å². The summed E-state index contributed by atoms with van der Waals surface area (Å²) in [5, 5.41) is 0. The highest BCUT2D eigenvalue weighted by atomic mass is 32.2. The predicted octanol–water partition coefficient (Wildman–Crippen LogP) is 2.24. The van der Waals surface area contributed by atoms with Gasteiger partial charge in [0.1, 0.15) is 10.6 Å². The van der Waals surface area contributed by atoms with E-state index in [2.05, 4.69) is 17.1 Å². The third kappa shape index (κ3) is 4.31. The van der Waals surface area contributed by atoms with Crippen molar-refractivity contribution in [3.8, 4) is 0 Å². The Morgan fingerprint density at radius 1 is 0.939 bits per heavy atom. The van der Waals surface area contributed by atoms with Crippen LogP contribution in [0.5, 0.6) is 0 Å². The summed E-state index contributed by atoms with van der Waals surface area (Å²) in [6.45, 7) is 3.22. The van der Waals surface area contributed by atoms with Gasteiger partial charge < -0.3 is 14.8 Å². The molecule has 0 bridgehead atoms. The van der Waals surface area contributed by atoms with Gasteiger partial charge in [0.15, 0.2) is 0 Å². The van der Waals surface area contributed by atoms with Gasteiger partial charge in [0.05, 0.1) is 5.92 Å². The predicted molar refractivity (Wildman–Crippen MR) is 123 cm³/mol. The Bertz CT molecular complexity index is 1150. The van der Waals surface area contributed by atoms with Crippen molar-refractivity contribution in [1.29, 1.82) is 0 Å². The number of sulfonamides is 1. The number of hydrogen-bond acceptors (Lipinski definition) is 4. The van der Waals surface area contributed by atoms with Gasteiger partial charge in [-0.2, -0.15) is 4.31 Å². The van der Waals surface area contributed by atoms with Crippen LogP contribution in [0.3, 0.4) is 0 Å². The Labute approximate surface area is 194 Å². The molecule has 0 radical (unpaired) electrons. The second-order valence-corrected chi connectivity index (χ2v) is 11.2.